The standard InChI is InChI=1S/C17H23NO4/c1-2-3-4-8-11-17(22-21)15(19)13-18(16(17)20)12-14-9-6-5-7-10-14/h5-7,9-10,21H,2-4,8,11-13H2,1H3. The van der Waals surface area contributed by atoms with Crippen molar-refractivity contribution in [2.45, 2.75) is 51.2 Å². The third kappa shape index (κ3) is 3.36. The van der Waals surface area contributed by atoms with Gasteiger partial charge in [-0.3, -0.25) is 14.8 Å². The molecule has 1 atom stereocenters. The van der Waals surface area contributed by atoms with Crippen LogP contribution >= 0.6 is 0 Å². The van der Waals surface area contributed by atoms with Crippen molar-refractivity contribution in [1.82, 2.24) is 4.90 Å². The third-order valence-electron chi connectivity index (χ3n) is 4.17. The lowest BCUT2D eigenvalue weighted by Crippen LogP contribution is -2.45. The molecule has 1 fully saturated rings. The number of carbonyl (C=O) groups excluding carboxylic acids is 2. The van der Waals surface area contributed by atoms with Crippen molar-refractivity contribution in [3.8, 4) is 0 Å². The molecule has 1 aliphatic heterocycles. The molecule has 5 heteroatoms. The molecule has 0 aliphatic carbocycles. The van der Waals surface area contributed by atoms with Crippen molar-refractivity contribution < 1.29 is 19.7 Å². The number of carbonyl (C=O) groups is 2. The summed E-state index contributed by atoms with van der Waals surface area (Å²) >= 11 is 0. The average Bonchev–Trinajstić information content (AvgIpc) is 2.77. The zero-order chi connectivity index (χ0) is 16.0. The van der Waals surface area contributed by atoms with E-state index in [1.807, 2.05) is 30.3 Å². The Bertz CT molecular complexity index is 517. The van der Waals surface area contributed by atoms with Gasteiger partial charge in [0.05, 0.1) is 6.54 Å². The van der Waals surface area contributed by atoms with Gasteiger partial charge in [0, 0.05) is 6.54 Å². The molecule has 0 aromatic heterocycles. The summed E-state index contributed by atoms with van der Waals surface area (Å²) in [6.07, 6.45) is 3.95. The van der Waals surface area contributed by atoms with Gasteiger partial charge >= 0.3 is 0 Å². The molecule has 1 aromatic carbocycles. The van der Waals surface area contributed by atoms with Crippen LogP contribution in [0.15, 0.2) is 30.3 Å². The molecule has 1 amide bonds. The van der Waals surface area contributed by atoms with Crippen molar-refractivity contribution >= 4 is 11.7 Å². The monoisotopic (exact) mass is 305 g/mol. The summed E-state index contributed by atoms with van der Waals surface area (Å²) in [5.74, 6) is -0.784. The highest BCUT2D eigenvalue weighted by Gasteiger charge is 2.55. The Kier molecular flexibility index (Phi) is 5.69. The smallest absolute Gasteiger partial charge is 0.266 e. The number of ketones is 1. The number of hydrogen-bond donors (Lipinski definition) is 1. The molecule has 22 heavy (non-hydrogen) atoms. The average molecular weight is 305 g/mol. The Labute approximate surface area is 130 Å². The van der Waals surface area contributed by atoms with E-state index in [2.05, 4.69) is 11.8 Å². The fourth-order valence-electron chi connectivity index (χ4n) is 2.86. The molecule has 2 rings (SSSR count). The Morgan fingerprint density at radius 2 is 1.91 bits per heavy atom. The molecule has 1 N–H and O–H groups in total. The maximum absolute atomic E-state index is 12.6. The summed E-state index contributed by atoms with van der Waals surface area (Å²) in [6, 6.07) is 9.48. The molecule has 1 aliphatic rings. The number of Topliss-reactive ketones (excluding diaryl/α,β-unsaturated/α-hetero) is 1. The SMILES string of the molecule is CCCCCCC1(OO)C(=O)CN(Cc2ccccc2)C1=O. The van der Waals surface area contributed by atoms with E-state index < -0.39 is 11.5 Å². The molecule has 5 nitrogen and oxygen atoms in total. The van der Waals surface area contributed by atoms with E-state index in [1.165, 1.54) is 4.90 Å². The summed E-state index contributed by atoms with van der Waals surface area (Å²) in [7, 11) is 0. The minimum atomic E-state index is -1.69. The highest BCUT2D eigenvalue weighted by atomic mass is 17.1. The molecular formula is C17H23NO4. The number of unbranched alkanes of at least 4 members (excludes halogenated alkanes) is 3. The van der Waals surface area contributed by atoms with Gasteiger partial charge in [-0.1, -0.05) is 56.5 Å². The first-order valence-electron chi connectivity index (χ1n) is 7.83. The molecule has 120 valence electrons. The second-order valence-corrected chi connectivity index (χ2v) is 5.80. The van der Waals surface area contributed by atoms with Crippen LogP contribution in [0.25, 0.3) is 0 Å². The fourth-order valence-corrected chi connectivity index (χ4v) is 2.86. The number of nitrogens with zero attached hydrogens (tertiary/aromatic N) is 1. The van der Waals surface area contributed by atoms with Gasteiger partial charge in [0.2, 0.25) is 5.60 Å². The van der Waals surface area contributed by atoms with E-state index in [1.54, 1.807) is 0 Å². The Morgan fingerprint density at radius 1 is 1.18 bits per heavy atom. The van der Waals surface area contributed by atoms with Crippen LogP contribution in [-0.4, -0.2) is 34.0 Å². The van der Waals surface area contributed by atoms with Gasteiger partial charge in [-0.05, 0) is 18.4 Å². The van der Waals surface area contributed by atoms with Crippen LogP contribution < -0.4 is 0 Å². The van der Waals surface area contributed by atoms with Crippen molar-refractivity contribution in [3.63, 3.8) is 0 Å². The van der Waals surface area contributed by atoms with Crippen molar-refractivity contribution in [3.05, 3.63) is 35.9 Å². The summed E-state index contributed by atoms with van der Waals surface area (Å²) in [5.41, 5.74) is -0.744. The Hall–Kier alpha value is -1.72. The Morgan fingerprint density at radius 3 is 2.55 bits per heavy atom. The molecule has 1 unspecified atom stereocenters. The second kappa shape index (κ2) is 7.51. The van der Waals surface area contributed by atoms with Crippen LogP contribution in [0.2, 0.25) is 0 Å². The minimum Gasteiger partial charge on any atom is -0.328 e. The van der Waals surface area contributed by atoms with E-state index >= 15 is 0 Å². The van der Waals surface area contributed by atoms with Crippen molar-refractivity contribution in [2.75, 3.05) is 6.54 Å². The molecule has 1 aromatic rings. The lowest BCUT2D eigenvalue weighted by molar-refractivity contribution is -0.301. The van der Waals surface area contributed by atoms with E-state index in [0.717, 1.165) is 24.8 Å². The first-order chi connectivity index (χ1) is 10.6. The predicted octanol–water partition coefficient (Wildman–Crippen LogP) is 2.80. The topological polar surface area (TPSA) is 66.8 Å². The first-order valence-corrected chi connectivity index (χ1v) is 7.83. The minimum absolute atomic E-state index is 0.0118. The summed E-state index contributed by atoms with van der Waals surface area (Å²) < 4.78 is 0. The zero-order valence-electron chi connectivity index (χ0n) is 13.0. The third-order valence-corrected chi connectivity index (χ3v) is 4.17. The van der Waals surface area contributed by atoms with Gasteiger partial charge in [0.15, 0.2) is 5.78 Å². The summed E-state index contributed by atoms with van der Waals surface area (Å²) in [5, 5.41) is 9.23. The molecular weight excluding hydrogens is 282 g/mol. The number of hydrogen-bond acceptors (Lipinski definition) is 4. The maximum atomic E-state index is 12.6. The molecule has 0 radical (unpaired) electrons. The van der Waals surface area contributed by atoms with Gasteiger partial charge in [0.1, 0.15) is 0 Å². The van der Waals surface area contributed by atoms with Gasteiger partial charge in [-0.2, -0.15) is 0 Å². The lowest BCUT2D eigenvalue weighted by Gasteiger charge is -2.23. The van der Waals surface area contributed by atoms with E-state index in [4.69, 9.17) is 0 Å². The molecule has 0 spiro atoms. The molecule has 0 bridgehead atoms. The van der Waals surface area contributed by atoms with Crippen LogP contribution in [0.4, 0.5) is 0 Å². The van der Waals surface area contributed by atoms with Crippen LogP contribution in [0.3, 0.4) is 0 Å². The van der Waals surface area contributed by atoms with Crippen molar-refractivity contribution in [1.29, 1.82) is 0 Å². The van der Waals surface area contributed by atoms with Gasteiger partial charge in [-0.15, -0.1) is 0 Å². The Balaban J connectivity index is 2.05. The van der Waals surface area contributed by atoms with Crippen LogP contribution in [0.5, 0.6) is 0 Å². The van der Waals surface area contributed by atoms with E-state index in [9.17, 15) is 14.8 Å². The highest BCUT2D eigenvalue weighted by molar-refractivity contribution is 6.15. The predicted molar refractivity (Wildman–Crippen MR) is 82.1 cm³/mol. The van der Waals surface area contributed by atoms with Crippen LogP contribution in [0.1, 0.15) is 44.6 Å². The quantitative estimate of drug-likeness (QED) is 0.347. The number of rotatable bonds is 8. The number of amides is 1. The zero-order valence-corrected chi connectivity index (χ0v) is 13.0. The number of benzene rings is 1. The van der Waals surface area contributed by atoms with Crippen LogP contribution in [0, 0.1) is 0 Å². The first kappa shape index (κ1) is 16.6. The molecule has 0 saturated carbocycles. The highest BCUT2D eigenvalue weighted by Crippen LogP contribution is 2.30. The van der Waals surface area contributed by atoms with Crippen molar-refractivity contribution in [2.24, 2.45) is 0 Å². The van der Waals surface area contributed by atoms with Gasteiger partial charge in [-0.25, -0.2) is 4.89 Å². The maximum Gasteiger partial charge on any atom is 0.266 e. The molecule has 1 saturated heterocycles. The number of likely N-dealkylation sites (tertiary alicyclic amines) is 1. The lowest BCUT2D eigenvalue weighted by atomic mass is 9.93. The second-order valence-electron chi connectivity index (χ2n) is 5.80. The summed E-state index contributed by atoms with van der Waals surface area (Å²) in [6.45, 7) is 2.43. The van der Waals surface area contributed by atoms with Gasteiger partial charge in [0.25, 0.3) is 5.91 Å². The molecule has 1 heterocycles. The van der Waals surface area contributed by atoms with Gasteiger partial charge < -0.3 is 4.90 Å². The normalized spacial score (nSPS) is 21.6. The summed E-state index contributed by atoms with van der Waals surface area (Å²) in [4.78, 5) is 30.7. The van der Waals surface area contributed by atoms with E-state index in [0.29, 0.717) is 13.0 Å². The fraction of sp³-hybridized carbons (Fsp3) is 0.529. The van der Waals surface area contributed by atoms with E-state index in [-0.39, 0.29) is 18.7 Å². The van der Waals surface area contributed by atoms with Crippen LogP contribution in [-0.2, 0) is 21.0 Å². The largest absolute Gasteiger partial charge is 0.328 e.